The van der Waals surface area contributed by atoms with Gasteiger partial charge >= 0.3 is 0 Å². The fraction of sp³-hybridized carbons (Fsp3) is 0.625. The smallest absolute Gasteiger partial charge is 0.267 e. The third-order valence-corrected chi connectivity index (χ3v) is 8.42. The van der Waals surface area contributed by atoms with Crippen molar-refractivity contribution >= 4 is 23.2 Å². The van der Waals surface area contributed by atoms with E-state index in [0.717, 1.165) is 25.7 Å². The Morgan fingerprint density at radius 1 is 1.03 bits per heavy atom. The minimum atomic E-state index is -2.63. The van der Waals surface area contributed by atoms with Crippen molar-refractivity contribution in [1.29, 1.82) is 0 Å². The highest BCUT2D eigenvalue weighted by atomic mass is 35.5. The van der Waals surface area contributed by atoms with Crippen molar-refractivity contribution < 1.29 is 27.5 Å². The summed E-state index contributed by atoms with van der Waals surface area (Å²) in [5.74, 6) is -0.0111. The van der Waals surface area contributed by atoms with Crippen molar-refractivity contribution in [2.24, 2.45) is 11.8 Å². The molecular weight excluding hydrogens is 475 g/mol. The van der Waals surface area contributed by atoms with Crippen LogP contribution < -0.4 is 0 Å². The van der Waals surface area contributed by atoms with Crippen molar-refractivity contribution in [2.75, 3.05) is 13.2 Å². The second-order valence-electron chi connectivity index (χ2n) is 9.70. The first-order valence-corrected chi connectivity index (χ1v) is 12.3. The second-order valence-corrected chi connectivity index (χ2v) is 10.5. The van der Waals surface area contributed by atoms with Gasteiger partial charge < -0.3 is 18.7 Å². The van der Waals surface area contributed by atoms with Crippen LogP contribution in [0.15, 0.2) is 22.7 Å². The molecule has 5 nitrogen and oxygen atoms in total. The lowest BCUT2D eigenvalue weighted by Gasteiger charge is -2.47. The van der Waals surface area contributed by atoms with E-state index < -0.39 is 17.8 Å². The number of hydrogen-bond donors (Lipinski definition) is 0. The molecule has 3 aliphatic carbocycles. The molecule has 6 rings (SSSR count). The molecule has 178 valence electrons. The van der Waals surface area contributed by atoms with Gasteiger partial charge in [-0.15, -0.1) is 0 Å². The molecule has 0 amide bonds. The fourth-order valence-corrected chi connectivity index (χ4v) is 6.66. The Balaban J connectivity index is 1.32. The number of aromatic nitrogens is 1. The van der Waals surface area contributed by atoms with Gasteiger partial charge in [0.1, 0.15) is 17.1 Å². The van der Waals surface area contributed by atoms with Crippen molar-refractivity contribution in [3.05, 3.63) is 39.6 Å². The van der Waals surface area contributed by atoms with Crippen LogP contribution in [0.4, 0.5) is 8.78 Å². The molecule has 33 heavy (non-hydrogen) atoms. The molecule has 4 fully saturated rings. The normalized spacial score (nSPS) is 30.6. The quantitative estimate of drug-likeness (QED) is 0.447. The van der Waals surface area contributed by atoms with Gasteiger partial charge in [0.2, 0.25) is 0 Å². The summed E-state index contributed by atoms with van der Waals surface area (Å²) in [6.45, 7) is 0.997. The molecule has 2 unspecified atom stereocenters. The van der Waals surface area contributed by atoms with Crippen LogP contribution >= 0.6 is 23.2 Å². The highest BCUT2D eigenvalue weighted by molar-refractivity contribution is 6.39. The summed E-state index contributed by atoms with van der Waals surface area (Å²) >= 11 is 12.9. The van der Waals surface area contributed by atoms with Crippen molar-refractivity contribution in [2.45, 2.75) is 68.9 Å². The third kappa shape index (κ3) is 3.54. The molecule has 9 heteroatoms. The van der Waals surface area contributed by atoms with E-state index in [1.54, 1.807) is 18.2 Å². The Morgan fingerprint density at radius 2 is 1.67 bits per heavy atom. The average Bonchev–Trinajstić information content (AvgIpc) is 3.32. The Labute approximate surface area is 200 Å². The first-order valence-electron chi connectivity index (χ1n) is 11.6. The molecule has 2 aromatic rings. The SMILES string of the molecule is FC(F)C1(OCc2c(-c3c(Cl)cccc3Cl)noc2C2CC2)CC2CCC(C1)C21OCCO1. The molecule has 2 bridgehead atoms. The van der Waals surface area contributed by atoms with Gasteiger partial charge in [-0.2, -0.15) is 0 Å². The van der Waals surface area contributed by atoms with Crippen molar-refractivity contribution in [3.8, 4) is 11.3 Å². The molecule has 1 spiro atoms. The molecule has 0 N–H and O–H groups in total. The topological polar surface area (TPSA) is 53.7 Å². The van der Waals surface area contributed by atoms with Crippen molar-refractivity contribution in [3.63, 3.8) is 0 Å². The average molecular weight is 500 g/mol. The highest BCUT2D eigenvalue weighted by Gasteiger charge is 2.64. The Hall–Kier alpha value is -1.25. The van der Waals surface area contributed by atoms with E-state index in [2.05, 4.69) is 5.16 Å². The zero-order chi connectivity index (χ0) is 22.8. The lowest BCUT2D eigenvalue weighted by atomic mass is 9.73. The third-order valence-electron chi connectivity index (χ3n) is 7.79. The van der Waals surface area contributed by atoms with Crippen LogP contribution in [0.25, 0.3) is 11.3 Å². The van der Waals surface area contributed by atoms with Crippen LogP contribution in [-0.4, -0.2) is 36.2 Å². The number of halogens is 4. The molecule has 2 heterocycles. The lowest BCUT2D eigenvalue weighted by molar-refractivity contribution is -0.275. The maximum Gasteiger partial charge on any atom is 0.267 e. The van der Waals surface area contributed by atoms with E-state index in [0.29, 0.717) is 45.8 Å². The molecular formula is C24H25Cl2F2NO4. The molecule has 4 aliphatic rings. The summed E-state index contributed by atoms with van der Waals surface area (Å²) in [6, 6.07) is 5.19. The van der Waals surface area contributed by atoms with Crippen LogP contribution in [-0.2, 0) is 20.8 Å². The minimum absolute atomic E-state index is 0.0370. The van der Waals surface area contributed by atoms with E-state index in [1.165, 1.54) is 0 Å². The van der Waals surface area contributed by atoms with Gasteiger partial charge in [0.25, 0.3) is 6.43 Å². The summed E-state index contributed by atoms with van der Waals surface area (Å²) in [4.78, 5) is 0. The van der Waals surface area contributed by atoms with Gasteiger partial charge in [-0.1, -0.05) is 34.4 Å². The summed E-state index contributed by atoms with van der Waals surface area (Å²) in [6.07, 6.45) is 1.34. The van der Waals surface area contributed by atoms with Gasteiger partial charge in [0.05, 0.1) is 29.9 Å². The van der Waals surface area contributed by atoms with Gasteiger partial charge in [-0.05, 0) is 50.7 Å². The number of nitrogens with zero attached hydrogens (tertiary/aromatic N) is 1. The van der Waals surface area contributed by atoms with Gasteiger partial charge in [-0.25, -0.2) is 8.78 Å². The number of benzene rings is 1. The molecule has 1 aromatic carbocycles. The Kier molecular flexibility index (Phi) is 5.50. The Bertz CT molecular complexity index is 1010. The van der Waals surface area contributed by atoms with E-state index in [4.69, 9.17) is 41.9 Å². The van der Waals surface area contributed by atoms with Crippen LogP contribution in [0, 0.1) is 11.8 Å². The van der Waals surface area contributed by atoms with Crippen LogP contribution in [0.2, 0.25) is 10.0 Å². The monoisotopic (exact) mass is 499 g/mol. The van der Waals surface area contributed by atoms with Gasteiger partial charge in [-0.3, -0.25) is 0 Å². The first kappa shape index (κ1) is 22.2. The summed E-state index contributed by atoms with van der Waals surface area (Å²) < 4.78 is 53.0. The van der Waals surface area contributed by atoms with E-state index in [9.17, 15) is 8.78 Å². The van der Waals surface area contributed by atoms with Crippen LogP contribution in [0.5, 0.6) is 0 Å². The Morgan fingerprint density at radius 3 is 2.24 bits per heavy atom. The van der Waals surface area contributed by atoms with E-state index in [-0.39, 0.29) is 37.2 Å². The maximum absolute atomic E-state index is 14.6. The zero-order valence-electron chi connectivity index (χ0n) is 18.0. The molecule has 1 aliphatic heterocycles. The van der Waals surface area contributed by atoms with Crippen molar-refractivity contribution in [1.82, 2.24) is 5.16 Å². The summed E-state index contributed by atoms with van der Waals surface area (Å²) in [5, 5.41) is 5.10. The second kappa shape index (κ2) is 8.16. The molecule has 3 saturated carbocycles. The number of hydrogen-bond acceptors (Lipinski definition) is 5. The predicted octanol–water partition coefficient (Wildman–Crippen LogP) is 6.61. The maximum atomic E-state index is 14.6. The molecule has 1 aromatic heterocycles. The van der Waals surface area contributed by atoms with E-state index in [1.807, 2.05) is 0 Å². The largest absolute Gasteiger partial charge is 0.364 e. The van der Waals surface area contributed by atoms with E-state index >= 15 is 0 Å². The number of alkyl halides is 2. The predicted molar refractivity (Wildman–Crippen MR) is 118 cm³/mol. The van der Waals surface area contributed by atoms with Gasteiger partial charge in [0.15, 0.2) is 5.79 Å². The standard InChI is InChI=1S/C24H25Cl2F2NO4/c25-17-2-1-3-18(26)19(17)20-16(21(33-29-20)13-4-5-13)12-32-23(22(27)28)10-14-6-7-15(11-23)24(14)30-8-9-31-24/h1-3,13-15,22H,4-12H2. The van der Waals surface area contributed by atoms with Crippen LogP contribution in [0.3, 0.4) is 0 Å². The number of ether oxygens (including phenoxy) is 3. The highest BCUT2D eigenvalue weighted by Crippen LogP contribution is 2.59. The fourth-order valence-electron chi connectivity index (χ4n) is 6.08. The first-order chi connectivity index (χ1) is 15.9. The minimum Gasteiger partial charge on any atom is -0.364 e. The zero-order valence-corrected chi connectivity index (χ0v) is 19.5. The number of rotatable bonds is 6. The van der Waals surface area contributed by atoms with Crippen LogP contribution in [0.1, 0.15) is 55.8 Å². The molecule has 1 saturated heterocycles. The summed E-state index contributed by atoms with van der Waals surface area (Å²) in [7, 11) is 0. The van der Waals surface area contributed by atoms with Gasteiger partial charge in [0, 0.05) is 28.9 Å². The molecule has 0 radical (unpaired) electrons. The lowest BCUT2D eigenvalue weighted by Crippen LogP contribution is -2.56. The molecule has 2 atom stereocenters. The summed E-state index contributed by atoms with van der Waals surface area (Å²) in [5.41, 5.74) is 0.103.